The topological polar surface area (TPSA) is 106 Å². The molecule has 12 heteroatoms. The molecular weight excluding hydrogens is 625 g/mol. The first-order valence-electron chi connectivity index (χ1n) is 13.4. The van der Waals surface area contributed by atoms with Gasteiger partial charge in [0.25, 0.3) is 5.91 Å². The largest absolute Gasteiger partial charge is 0.504 e. The van der Waals surface area contributed by atoms with Gasteiger partial charge >= 0.3 is 0 Å². The summed E-state index contributed by atoms with van der Waals surface area (Å²) in [6.45, 7) is 2.64. The van der Waals surface area contributed by atoms with Crippen LogP contribution >= 0.6 is 35.0 Å². The van der Waals surface area contributed by atoms with E-state index in [0.29, 0.717) is 55.3 Å². The molecule has 5 rings (SSSR count). The van der Waals surface area contributed by atoms with Crippen LogP contribution in [0.4, 0.5) is 0 Å². The highest BCUT2D eigenvalue weighted by Crippen LogP contribution is 2.36. The Hall–Kier alpha value is -4.38. The van der Waals surface area contributed by atoms with E-state index in [1.165, 1.54) is 28.9 Å². The number of thioether (sulfide) groups is 1. The van der Waals surface area contributed by atoms with Crippen LogP contribution in [-0.2, 0) is 17.9 Å². The van der Waals surface area contributed by atoms with Gasteiger partial charge in [-0.3, -0.25) is 9.69 Å². The first-order valence-corrected chi connectivity index (χ1v) is 15.0. The van der Waals surface area contributed by atoms with Crippen LogP contribution in [0.25, 0.3) is 6.08 Å². The van der Waals surface area contributed by atoms with Gasteiger partial charge in [0.05, 0.1) is 37.6 Å². The van der Waals surface area contributed by atoms with E-state index in [4.69, 9.17) is 41.8 Å². The molecule has 1 saturated heterocycles. The summed E-state index contributed by atoms with van der Waals surface area (Å²) in [5.74, 6) is 1.74. The number of phenols is 1. The van der Waals surface area contributed by atoms with Gasteiger partial charge in [0.2, 0.25) is 0 Å². The van der Waals surface area contributed by atoms with E-state index < -0.39 is 0 Å². The van der Waals surface area contributed by atoms with Crippen LogP contribution in [0, 0.1) is 0 Å². The van der Waals surface area contributed by atoms with Crippen molar-refractivity contribution in [2.75, 3.05) is 13.7 Å². The van der Waals surface area contributed by atoms with Gasteiger partial charge in [0.1, 0.15) is 12.4 Å². The molecule has 0 unspecified atom stereocenters. The first-order chi connectivity index (χ1) is 21.3. The Morgan fingerprint density at radius 1 is 1.00 bits per heavy atom. The monoisotopic (exact) mass is 651 g/mol. The van der Waals surface area contributed by atoms with Gasteiger partial charge in [-0.25, -0.2) is 0 Å². The fraction of sp³-hybridized carbons (Fsp3) is 0.156. The lowest BCUT2D eigenvalue weighted by molar-refractivity contribution is -0.122. The van der Waals surface area contributed by atoms with Gasteiger partial charge in [-0.05, 0) is 90.5 Å². The van der Waals surface area contributed by atoms with E-state index in [1.54, 1.807) is 74.0 Å². The van der Waals surface area contributed by atoms with Crippen LogP contribution in [0.5, 0.6) is 23.0 Å². The zero-order chi connectivity index (χ0) is 31.1. The number of phenolic OH excluding ortho intramolecular Hbond substituents is 1. The molecule has 0 radical (unpaired) electrons. The number of carbonyl (C=O) groups excluding carboxylic acids is 1. The number of methoxy groups -OCH3 is 1. The molecular formula is C32H27Cl2N3O6S. The Kier molecular flexibility index (Phi) is 10.2. The maximum Gasteiger partial charge on any atom is 0.267 e. The van der Waals surface area contributed by atoms with Crippen molar-refractivity contribution in [3.8, 4) is 23.0 Å². The van der Waals surface area contributed by atoms with Crippen molar-refractivity contribution in [3.63, 3.8) is 0 Å². The third-order valence-corrected chi connectivity index (χ3v) is 7.88. The molecule has 1 aliphatic rings. The predicted octanol–water partition coefficient (Wildman–Crippen LogP) is 7.78. The molecule has 2 heterocycles. The van der Waals surface area contributed by atoms with E-state index in [-0.39, 0.29) is 24.8 Å². The van der Waals surface area contributed by atoms with E-state index in [1.807, 2.05) is 13.0 Å². The Balaban J connectivity index is 1.37. The SMILES string of the molecule is CCOc1cc(/C=N/N=C2\S/C(=C\c3ccc(OCc4ccc(Cl)cc4Cl)c(OC)c3)C(=O)N2Cc2ccco2)ccc1O. The van der Waals surface area contributed by atoms with E-state index in [9.17, 15) is 9.90 Å². The first kappa shape index (κ1) is 31.1. The normalized spacial score (nSPS) is 15.1. The lowest BCUT2D eigenvalue weighted by Gasteiger charge is -2.13. The van der Waals surface area contributed by atoms with Crippen LogP contribution in [0.1, 0.15) is 29.4 Å². The highest BCUT2D eigenvalue weighted by Gasteiger charge is 2.34. The minimum atomic E-state index is -0.250. The number of hydrogen-bond donors (Lipinski definition) is 1. The Labute approximate surface area is 268 Å². The van der Waals surface area contributed by atoms with E-state index in [2.05, 4.69) is 10.2 Å². The van der Waals surface area contributed by atoms with Gasteiger partial charge in [-0.15, -0.1) is 5.10 Å². The molecule has 9 nitrogen and oxygen atoms in total. The van der Waals surface area contributed by atoms with Crippen LogP contribution in [0.2, 0.25) is 10.0 Å². The fourth-order valence-electron chi connectivity index (χ4n) is 4.15. The second-order valence-electron chi connectivity index (χ2n) is 9.30. The van der Waals surface area contributed by atoms with Gasteiger partial charge in [0.15, 0.2) is 28.2 Å². The van der Waals surface area contributed by atoms with Crippen LogP contribution in [-0.4, -0.2) is 41.0 Å². The summed E-state index contributed by atoms with van der Waals surface area (Å²) in [4.78, 5) is 15.5. The fourth-order valence-corrected chi connectivity index (χ4v) is 5.54. The van der Waals surface area contributed by atoms with E-state index >= 15 is 0 Å². The molecule has 0 saturated carbocycles. The van der Waals surface area contributed by atoms with Gasteiger partial charge in [-0.2, -0.15) is 5.10 Å². The number of amidine groups is 1. The quantitative estimate of drug-likeness (QED) is 0.100. The molecule has 4 aromatic rings. The second-order valence-corrected chi connectivity index (χ2v) is 11.2. The predicted molar refractivity (Wildman–Crippen MR) is 173 cm³/mol. The van der Waals surface area contributed by atoms with Crippen LogP contribution in [0.15, 0.2) is 92.5 Å². The molecule has 1 N–H and O–H groups in total. The molecule has 44 heavy (non-hydrogen) atoms. The van der Waals surface area contributed by atoms with Crippen molar-refractivity contribution in [3.05, 3.63) is 110 Å². The highest BCUT2D eigenvalue weighted by atomic mass is 35.5. The minimum Gasteiger partial charge on any atom is -0.504 e. The zero-order valence-electron chi connectivity index (χ0n) is 23.7. The third-order valence-electron chi connectivity index (χ3n) is 6.30. The van der Waals surface area contributed by atoms with Crippen molar-refractivity contribution < 1.29 is 28.5 Å². The Morgan fingerprint density at radius 3 is 2.57 bits per heavy atom. The summed E-state index contributed by atoms with van der Waals surface area (Å²) < 4.78 is 22.4. The molecule has 226 valence electrons. The molecule has 1 fully saturated rings. The Morgan fingerprint density at radius 2 is 1.82 bits per heavy atom. The van der Waals surface area contributed by atoms with Crippen LogP contribution < -0.4 is 14.2 Å². The van der Waals surface area contributed by atoms with Gasteiger partial charge in [0, 0.05) is 15.6 Å². The summed E-state index contributed by atoms with van der Waals surface area (Å²) in [6.07, 6.45) is 4.82. The molecule has 3 aromatic carbocycles. The average Bonchev–Trinajstić information content (AvgIpc) is 3.63. The summed E-state index contributed by atoms with van der Waals surface area (Å²) in [7, 11) is 1.54. The number of benzene rings is 3. The molecule has 1 aromatic heterocycles. The maximum atomic E-state index is 13.5. The number of halogens is 2. The minimum absolute atomic E-state index is 0.0360. The standard InChI is InChI=1S/C32H27Cl2N3O6S/c1-3-41-28-14-21(6-10-26(28)38)17-35-36-32-37(18-24-5-4-12-42-24)31(39)30(44-32)15-20-7-11-27(29(13-20)40-2)43-19-22-8-9-23(33)16-25(22)34/h4-17,38H,3,18-19H2,1-2H3/b30-15-,35-17+,36-32-. The molecule has 0 aliphatic carbocycles. The Bertz CT molecular complexity index is 1740. The third kappa shape index (κ3) is 7.57. The average molecular weight is 653 g/mol. The smallest absolute Gasteiger partial charge is 0.267 e. The highest BCUT2D eigenvalue weighted by molar-refractivity contribution is 8.18. The number of hydrogen-bond acceptors (Lipinski definition) is 9. The number of rotatable bonds is 11. The molecule has 1 amide bonds. The summed E-state index contributed by atoms with van der Waals surface area (Å²) in [6, 6.07) is 19.0. The molecule has 1 aliphatic heterocycles. The van der Waals surface area contributed by atoms with Crippen molar-refractivity contribution >= 4 is 58.3 Å². The summed E-state index contributed by atoms with van der Waals surface area (Å²) >= 11 is 13.5. The number of amides is 1. The lowest BCUT2D eigenvalue weighted by Crippen LogP contribution is -2.28. The maximum absolute atomic E-state index is 13.5. The van der Waals surface area contributed by atoms with Crippen molar-refractivity contribution in [2.24, 2.45) is 10.2 Å². The molecule has 0 atom stereocenters. The van der Waals surface area contributed by atoms with Crippen molar-refractivity contribution in [1.82, 2.24) is 4.90 Å². The second kappa shape index (κ2) is 14.4. The van der Waals surface area contributed by atoms with Crippen molar-refractivity contribution in [1.29, 1.82) is 0 Å². The number of aromatic hydroxyl groups is 1. The number of ether oxygens (including phenoxy) is 3. The number of furan rings is 1. The number of carbonyl (C=O) groups is 1. The number of nitrogens with zero attached hydrogens (tertiary/aromatic N) is 3. The van der Waals surface area contributed by atoms with Gasteiger partial charge in [-0.1, -0.05) is 35.3 Å². The van der Waals surface area contributed by atoms with E-state index in [0.717, 1.165) is 11.1 Å². The lowest BCUT2D eigenvalue weighted by atomic mass is 10.1. The molecule has 0 spiro atoms. The summed E-state index contributed by atoms with van der Waals surface area (Å²) in [5.41, 5.74) is 2.18. The van der Waals surface area contributed by atoms with Crippen LogP contribution in [0.3, 0.4) is 0 Å². The van der Waals surface area contributed by atoms with Crippen molar-refractivity contribution in [2.45, 2.75) is 20.1 Å². The summed E-state index contributed by atoms with van der Waals surface area (Å²) in [5, 5.41) is 19.9. The molecule has 0 bridgehead atoms. The van der Waals surface area contributed by atoms with Gasteiger partial charge < -0.3 is 23.7 Å². The zero-order valence-corrected chi connectivity index (χ0v) is 26.0.